The first-order valence-corrected chi connectivity index (χ1v) is 13.8. The average molecular weight is 507 g/mol. The molecule has 2 aliphatic rings. The number of rotatable bonds is 7. The van der Waals surface area contributed by atoms with Gasteiger partial charge >= 0.3 is 0 Å². The van der Waals surface area contributed by atoms with Gasteiger partial charge < -0.3 is 15.5 Å². The molecule has 9 heteroatoms. The van der Waals surface area contributed by atoms with Crippen LogP contribution in [-0.4, -0.2) is 58.1 Å². The predicted octanol–water partition coefficient (Wildman–Crippen LogP) is 4.78. The number of amides is 1. The number of benzene rings is 2. The quantitative estimate of drug-likeness (QED) is 0.353. The molecule has 1 amide bonds. The molecule has 0 aliphatic carbocycles. The lowest BCUT2D eigenvalue weighted by Crippen LogP contribution is -2.33. The fourth-order valence-electron chi connectivity index (χ4n) is 5.33. The second-order valence-corrected chi connectivity index (χ2v) is 10.8. The van der Waals surface area contributed by atoms with Crippen LogP contribution in [0.3, 0.4) is 0 Å². The largest absolute Gasteiger partial charge is 0.352 e. The molecule has 4 aromatic rings. The van der Waals surface area contributed by atoms with Crippen molar-refractivity contribution in [1.82, 2.24) is 30.1 Å². The van der Waals surface area contributed by atoms with Gasteiger partial charge in [0.05, 0.1) is 15.8 Å². The molecule has 0 bridgehead atoms. The van der Waals surface area contributed by atoms with Crippen LogP contribution in [0.15, 0.2) is 36.4 Å². The molecule has 6 rings (SSSR count). The smallest absolute Gasteiger partial charge is 0.251 e. The Bertz CT molecular complexity index is 1390. The van der Waals surface area contributed by atoms with Crippen LogP contribution in [0.2, 0.25) is 0 Å². The highest BCUT2D eigenvalue weighted by Crippen LogP contribution is 2.31. The lowest BCUT2D eigenvalue weighted by Gasteiger charge is -2.26. The summed E-state index contributed by atoms with van der Waals surface area (Å²) in [6.45, 7) is 5.04. The molecule has 36 heavy (non-hydrogen) atoms. The molecule has 1 atom stereocenters. The maximum atomic E-state index is 15.0. The minimum absolute atomic E-state index is 0.0610. The summed E-state index contributed by atoms with van der Waals surface area (Å²) in [6, 6.07) is 11.2. The summed E-state index contributed by atoms with van der Waals surface area (Å²) in [6.07, 6.45) is 7.01. The number of hydrogen-bond donors (Lipinski definition) is 2. The first-order valence-electron chi connectivity index (χ1n) is 13.0. The van der Waals surface area contributed by atoms with Gasteiger partial charge in [-0.2, -0.15) is 4.98 Å². The molecule has 0 saturated carbocycles. The molecular weight excluding hydrogens is 475 g/mol. The van der Waals surface area contributed by atoms with Gasteiger partial charge in [-0.3, -0.25) is 4.79 Å². The predicted molar refractivity (Wildman–Crippen MR) is 141 cm³/mol. The SMILES string of the molecule is O=C(NCCCN1CCCCC1)c1ccc2c(c1)sc1nc(-c3ccc([C@@H]4CCCN4)cc3F)nn12. The van der Waals surface area contributed by atoms with Crippen molar-refractivity contribution in [3.63, 3.8) is 0 Å². The first kappa shape index (κ1) is 23.5. The molecule has 2 aromatic carbocycles. The molecule has 0 spiro atoms. The monoisotopic (exact) mass is 506 g/mol. The van der Waals surface area contributed by atoms with Gasteiger partial charge in [-0.1, -0.05) is 23.8 Å². The van der Waals surface area contributed by atoms with Crippen LogP contribution >= 0.6 is 11.3 Å². The molecule has 188 valence electrons. The number of nitrogens with zero attached hydrogens (tertiary/aromatic N) is 4. The summed E-state index contributed by atoms with van der Waals surface area (Å²) in [5, 5.41) is 11.0. The standard InChI is InChI=1S/C27H31FN6OS/c28-21-16-18(22-6-4-11-29-22)7-9-20(21)25-31-27-34(32-25)23-10-8-19(17-24(23)36-27)26(35)30-12-5-15-33-13-2-1-3-14-33/h7-10,16-17,22,29H,1-6,11-15H2,(H,30,35)/t22-/m0/s1. The van der Waals surface area contributed by atoms with Crippen LogP contribution in [0.1, 0.15) is 60.5 Å². The second-order valence-electron chi connectivity index (χ2n) is 9.81. The third-order valence-corrected chi connectivity index (χ3v) is 8.30. The minimum Gasteiger partial charge on any atom is -0.352 e. The summed E-state index contributed by atoms with van der Waals surface area (Å²) in [4.78, 5) is 20.4. The fraction of sp³-hybridized carbons (Fsp3) is 0.444. The van der Waals surface area contributed by atoms with Crippen LogP contribution in [0.4, 0.5) is 4.39 Å². The Balaban J connectivity index is 1.14. The van der Waals surface area contributed by atoms with E-state index in [-0.39, 0.29) is 17.8 Å². The van der Waals surface area contributed by atoms with Crippen molar-refractivity contribution >= 4 is 32.4 Å². The lowest BCUT2D eigenvalue weighted by atomic mass is 10.0. The molecule has 2 fully saturated rings. The second kappa shape index (κ2) is 10.2. The number of carbonyl (C=O) groups is 1. The Morgan fingerprint density at radius 2 is 2.03 bits per heavy atom. The summed E-state index contributed by atoms with van der Waals surface area (Å²) in [5.41, 5.74) is 2.87. The van der Waals surface area contributed by atoms with E-state index in [1.807, 2.05) is 24.3 Å². The molecule has 0 radical (unpaired) electrons. The summed E-state index contributed by atoms with van der Waals surface area (Å²) >= 11 is 1.46. The number of likely N-dealkylation sites (tertiary alicyclic amines) is 1. The van der Waals surface area contributed by atoms with Crippen molar-refractivity contribution < 1.29 is 9.18 Å². The zero-order chi connectivity index (χ0) is 24.5. The zero-order valence-electron chi connectivity index (χ0n) is 20.3. The molecule has 2 saturated heterocycles. The minimum atomic E-state index is -0.303. The van der Waals surface area contributed by atoms with E-state index in [1.165, 1.54) is 43.7 Å². The van der Waals surface area contributed by atoms with Crippen molar-refractivity contribution in [2.75, 3.05) is 32.7 Å². The number of nitrogens with one attached hydrogen (secondary N) is 2. The van der Waals surface area contributed by atoms with Gasteiger partial charge in [0, 0.05) is 18.2 Å². The Morgan fingerprint density at radius 1 is 1.14 bits per heavy atom. The average Bonchev–Trinajstić information content (AvgIpc) is 3.63. The topological polar surface area (TPSA) is 74.6 Å². The van der Waals surface area contributed by atoms with Crippen molar-refractivity contribution in [2.45, 2.75) is 44.6 Å². The Hall–Kier alpha value is -2.88. The van der Waals surface area contributed by atoms with Crippen LogP contribution in [0, 0.1) is 5.82 Å². The van der Waals surface area contributed by atoms with Crippen LogP contribution in [-0.2, 0) is 0 Å². The molecule has 7 nitrogen and oxygen atoms in total. The Morgan fingerprint density at radius 3 is 2.83 bits per heavy atom. The molecule has 2 aromatic heterocycles. The third-order valence-electron chi connectivity index (χ3n) is 7.31. The van der Waals surface area contributed by atoms with Crippen LogP contribution in [0.5, 0.6) is 0 Å². The van der Waals surface area contributed by atoms with Gasteiger partial charge in [-0.15, -0.1) is 5.10 Å². The Kier molecular flexibility index (Phi) is 6.69. The van der Waals surface area contributed by atoms with Gasteiger partial charge in [-0.25, -0.2) is 8.91 Å². The fourth-order valence-corrected chi connectivity index (χ4v) is 6.33. The number of aromatic nitrogens is 3. The van der Waals surface area contributed by atoms with E-state index in [1.54, 1.807) is 16.6 Å². The molecular formula is C27H31FN6OS. The van der Waals surface area contributed by atoms with E-state index < -0.39 is 0 Å². The summed E-state index contributed by atoms with van der Waals surface area (Å²) in [7, 11) is 0. The van der Waals surface area contributed by atoms with Gasteiger partial charge in [0.25, 0.3) is 5.91 Å². The number of halogens is 1. The summed E-state index contributed by atoms with van der Waals surface area (Å²) in [5.74, 6) is 0.0132. The first-order chi connectivity index (χ1) is 17.7. The number of piperidine rings is 1. The van der Waals surface area contributed by atoms with Gasteiger partial charge in [0.2, 0.25) is 4.96 Å². The van der Waals surface area contributed by atoms with E-state index in [0.717, 1.165) is 48.1 Å². The van der Waals surface area contributed by atoms with E-state index in [2.05, 4.69) is 25.6 Å². The normalized spacial score (nSPS) is 18.9. The van der Waals surface area contributed by atoms with E-state index >= 15 is 0 Å². The molecule has 2 aliphatic heterocycles. The van der Waals surface area contributed by atoms with Crippen LogP contribution in [0.25, 0.3) is 26.6 Å². The van der Waals surface area contributed by atoms with Gasteiger partial charge in [0.1, 0.15) is 5.82 Å². The number of fused-ring (bicyclic) bond motifs is 3. The third kappa shape index (κ3) is 4.75. The van der Waals surface area contributed by atoms with Crippen molar-refractivity contribution in [2.24, 2.45) is 0 Å². The van der Waals surface area contributed by atoms with Crippen molar-refractivity contribution in [3.8, 4) is 11.4 Å². The molecule has 4 heterocycles. The maximum absolute atomic E-state index is 15.0. The van der Waals surface area contributed by atoms with Crippen LogP contribution < -0.4 is 10.6 Å². The number of thiazole rings is 1. The highest BCUT2D eigenvalue weighted by Gasteiger charge is 2.20. The van der Waals surface area contributed by atoms with Crippen molar-refractivity contribution in [1.29, 1.82) is 0 Å². The lowest BCUT2D eigenvalue weighted by molar-refractivity contribution is 0.0951. The molecule has 2 N–H and O–H groups in total. The highest BCUT2D eigenvalue weighted by molar-refractivity contribution is 7.23. The Labute approximate surface area is 213 Å². The van der Waals surface area contributed by atoms with Crippen molar-refractivity contribution in [3.05, 3.63) is 53.3 Å². The van der Waals surface area contributed by atoms with E-state index in [4.69, 9.17) is 0 Å². The van der Waals surface area contributed by atoms with E-state index in [9.17, 15) is 9.18 Å². The van der Waals surface area contributed by atoms with E-state index in [0.29, 0.717) is 28.5 Å². The highest BCUT2D eigenvalue weighted by atomic mass is 32.1. The van der Waals surface area contributed by atoms with Gasteiger partial charge in [-0.05, 0) is 94.2 Å². The zero-order valence-corrected chi connectivity index (χ0v) is 21.1. The van der Waals surface area contributed by atoms with Gasteiger partial charge in [0.15, 0.2) is 5.82 Å². The number of hydrogen-bond acceptors (Lipinski definition) is 6. The summed E-state index contributed by atoms with van der Waals surface area (Å²) < 4.78 is 17.6. The molecule has 0 unspecified atom stereocenters. The number of carbonyl (C=O) groups excluding carboxylic acids is 1. The maximum Gasteiger partial charge on any atom is 0.251 e.